The summed E-state index contributed by atoms with van der Waals surface area (Å²) in [6.07, 6.45) is 1.79. The minimum atomic E-state index is -2.55. The highest BCUT2D eigenvalue weighted by atomic mass is 16.3. The van der Waals surface area contributed by atoms with E-state index in [2.05, 4.69) is 0 Å². The first-order chi connectivity index (χ1) is 18.0. The van der Waals surface area contributed by atoms with Gasteiger partial charge in [-0.25, -0.2) is 0 Å². The molecule has 3 aliphatic rings. The van der Waals surface area contributed by atoms with Crippen LogP contribution in [0.15, 0.2) is 65.1 Å². The van der Waals surface area contributed by atoms with Crippen molar-refractivity contribution in [1.29, 1.82) is 0 Å². The topological polar surface area (TPSA) is 135 Å². The van der Waals surface area contributed by atoms with Gasteiger partial charge in [0.15, 0.2) is 17.2 Å². The number of fused-ring (bicyclic) bond motifs is 3. The van der Waals surface area contributed by atoms with Gasteiger partial charge in [-0.15, -0.1) is 0 Å². The molecule has 2 aromatic rings. The summed E-state index contributed by atoms with van der Waals surface area (Å²) in [5.74, 6) is -5.53. The molecule has 0 heterocycles. The van der Waals surface area contributed by atoms with E-state index in [9.17, 15) is 34.8 Å². The van der Waals surface area contributed by atoms with Crippen LogP contribution in [-0.2, 0) is 28.9 Å². The van der Waals surface area contributed by atoms with Crippen molar-refractivity contribution >= 4 is 17.3 Å². The highest BCUT2D eigenvalue weighted by Crippen LogP contribution is 2.52. The van der Waals surface area contributed by atoms with Crippen molar-refractivity contribution < 1.29 is 34.8 Å². The zero-order valence-electron chi connectivity index (χ0n) is 21.6. The molecule has 3 aliphatic carbocycles. The predicted molar refractivity (Wildman–Crippen MR) is 139 cm³/mol. The number of hydrogen-bond acceptors (Lipinski definition) is 8. The van der Waals surface area contributed by atoms with Gasteiger partial charge in [-0.1, -0.05) is 36.4 Å². The van der Waals surface area contributed by atoms with Gasteiger partial charge in [-0.3, -0.25) is 19.3 Å². The van der Waals surface area contributed by atoms with E-state index in [1.807, 2.05) is 30.3 Å². The second-order valence-electron chi connectivity index (χ2n) is 10.7. The number of allylic oxidation sites excluding steroid dienone is 1. The minimum Gasteiger partial charge on any atom is -0.510 e. The molecule has 0 bridgehead atoms. The molecule has 0 saturated heterocycles. The van der Waals surface area contributed by atoms with E-state index in [0.29, 0.717) is 18.4 Å². The van der Waals surface area contributed by atoms with E-state index >= 15 is 0 Å². The number of benzene rings is 2. The number of carbonyl (C=O) groups excluding carboxylic acids is 3. The molecule has 5 rings (SSSR count). The quantitative estimate of drug-likeness (QED) is 0.445. The van der Waals surface area contributed by atoms with Gasteiger partial charge in [0.05, 0.1) is 11.6 Å². The van der Waals surface area contributed by atoms with Crippen LogP contribution >= 0.6 is 0 Å². The number of hydrogen-bond donors (Lipinski definition) is 4. The summed E-state index contributed by atoms with van der Waals surface area (Å²) in [7, 11) is 3.29. The Kier molecular flexibility index (Phi) is 6.28. The molecule has 0 fully saturated rings. The standard InChI is InChI=1S/C30H31NO7/c1-15(32)22-27(35)25(31(2)3)20-14-18-13-19-17(10-9-16-7-5-4-6-8-16)11-12-21(33)24(19)26(34)23(18)29(37)30(20,38)28(22)36/h4-8,11-12,18,20,25,33,35,37-38H,9-10,13-14H2,1-3H3/t18-,20-,25-,30+/m0/s1. The van der Waals surface area contributed by atoms with Crippen molar-refractivity contribution in [3.8, 4) is 5.75 Å². The van der Waals surface area contributed by atoms with E-state index in [1.165, 1.54) is 6.07 Å². The highest BCUT2D eigenvalue weighted by molar-refractivity contribution is 6.25. The maximum Gasteiger partial charge on any atom is 0.209 e. The zero-order chi connectivity index (χ0) is 27.5. The first-order valence-electron chi connectivity index (χ1n) is 12.7. The van der Waals surface area contributed by atoms with Crippen LogP contribution in [0, 0.1) is 11.8 Å². The third kappa shape index (κ3) is 3.70. The molecule has 0 saturated carbocycles. The summed E-state index contributed by atoms with van der Waals surface area (Å²) in [5, 5.41) is 44.7. The Morgan fingerprint density at radius 2 is 1.71 bits per heavy atom. The molecule has 4 N–H and O–H groups in total. The van der Waals surface area contributed by atoms with Crippen LogP contribution in [0.2, 0.25) is 0 Å². The summed E-state index contributed by atoms with van der Waals surface area (Å²) in [6.45, 7) is 1.10. The SMILES string of the molecule is CC(=O)C1=C(O)[C@@H](N(C)C)[C@@H]2C[C@@H]3Cc4c(CCc5ccccc5)ccc(O)c4C(=O)C3=C(O)[C@]2(O)C1=O. The Bertz CT molecular complexity index is 1420. The van der Waals surface area contributed by atoms with Crippen LogP contribution < -0.4 is 0 Å². The van der Waals surface area contributed by atoms with Crippen LogP contribution in [0.25, 0.3) is 0 Å². The Morgan fingerprint density at radius 1 is 1.03 bits per heavy atom. The van der Waals surface area contributed by atoms with Gasteiger partial charge in [-0.05, 0) is 75.4 Å². The van der Waals surface area contributed by atoms with Gasteiger partial charge >= 0.3 is 0 Å². The number of phenols is 1. The van der Waals surface area contributed by atoms with Crippen LogP contribution in [-0.4, -0.2) is 68.4 Å². The molecule has 0 aliphatic heterocycles. The summed E-state index contributed by atoms with van der Waals surface area (Å²) in [4.78, 5) is 41.1. The monoisotopic (exact) mass is 517 g/mol. The summed E-state index contributed by atoms with van der Waals surface area (Å²) < 4.78 is 0. The predicted octanol–water partition coefficient (Wildman–Crippen LogP) is 3.01. The number of aliphatic hydroxyl groups excluding tert-OH is 2. The molecular formula is C30H31NO7. The third-order valence-corrected chi connectivity index (χ3v) is 8.33. The molecule has 0 amide bonds. The third-order valence-electron chi connectivity index (χ3n) is 8.33. The number of nitrogens with zero attached hydrogens (tertiary/aromatic N) is 1. The smallest absolute Gasteiger partial charge is 0.209 e. The maximum atomic E-state index is 13.8. The number of Topliss-reactive ketones (excluding diaryl/α,β-unsaturated/α-hetero) is 3. The molecule has 2 aromatic carbocycles. The number of carbonyl (C=O) groups is 3. The molecule has 198 valence electrons. The Morgan fingerprint density at radius 3 is 2.34 bits per heavy atom. The van der Waals surface area contributed by atoms with Crippen molar-refractivity contribution in [1.82, 2.24) is 4.90 Å². The van der Waals surface area contributed by atoms with Crippen LogP contribution in [0.1, 0.15) is 40.4 Å². The number of likely N-dealkylation sites (N-methyl/N-ethyl adjacent to an activating group) is 1. The van der Waals surface area contributed by atoms with Gasteiger partial charge in [0, 0.05) is 11.5 Å². The van der Waals surface area contributed by atoms with Crippen molar-refractivity contribution in [2.75, 3.05) is 14.1 Å². The lowest BCUT2D eigenvalue weighted by molar-refractivity contribution is -0.148. The lowest BCUT2D eigenvalue weighted by Crippen LogP contribution is -2.63. The van der Waals surface area contributed by atoms with Gasteiger partial charge in [0.25, 0.3) is 0 Å². The second kappa shape index (κ2) is 9.22. The Hall–Kier alpha value is -3.75. The molecule has 8 nitrogen and oxygen atoms in total. The molecule has 38 heavy (non-hydrogen) atoms. The lowest BCUT2D eigenvalue weighted by Gasteiger charge is -2.50. The summed E-state index contributed by atoms with van der Waals surface area (Å²) >= 11 is 0. The fraction of sp³-hybridized carbons (Fsp3) is 0.367. The molecule has 0 spiro atoms. The number of phenolic OH excluding ortho intramolecular Hbond substituents is 1. The zero-order valence-corrected chi connectivity index (χ0v) is 21.6. The molecule has 8 heteroatoms. The molecular weight excluding hydrogens is 486 g/mol. The molecule has 0 aromatic heterocycles. The van der Waals surface area contributed by atoms with Crippen LogP contribution in [0.5, 0.6) is 5.75 Å². The van der Waals surface area contributed by atoms with E-state index in [0.717, 1.165) is 24.5 Å². The first kappa shape index (κ1) is 25.9. The normalized spacial score (nSPS) is 26.8. The lowest BCUT2D eigenvalue weighted by atomic mass is 9.58. The van der Waals surface area contributed by atoms with E-state index in [1.54, 1.807) is 25.1 Å². The van der Waals surface area contributed by atoms with Gasteiger partial charge in [0.2, 0.25) is 5.78 Å². The molecule has 4 atom stereocenters. The highest BCUT2D eigenvalue weighted by Gasteiger charge is 2.63. The average Bonchev–Trinajstić information content (AvgIpc) is 2.86. The van der Waals surface area contributed by atoms with E-state index in [-0.39, 0.29) is 23.3 Å². The van der Waals surface area contributed by atoms with E-state index in [4.69, 9.17) is 0 Å². The number of aryl methyl sites for hydroxylation is 2. The first-order valence-corrected chi connectivity index (χ1v) is 12.7. The van der Waals surface area contributed by atoms with E-state index < -0.39 is 57.9 Å². The van der Waals surface area contributed by atoms with Crippen LogP contribution in [0.3, 0.4) is 0 Å². The molecule has 0 radical (unpaired) electrons. The maximum absolute atomic E-state index is 13.8. The van der Waals surface area contributed by atoms with Gasteiger partial charge in [-0.2, -0.15) is 0 Å². The number of aliphatic hydroxyl groups is 3. The fourth-order valence-electron chi connectivity index (χ4n) is 6.57. The van der Waals surface area contributed by atoms with Crippen LogP contribution in [0.4, 0.5) is 0 Å². The average molecular weight is 518 g/mol. The largest absolute Gasteiger partial charge is 0.510 e. The van der Waals surface area contributed by atoms with Gasteiger partial charge < -0.3 is 20.4 Å². The van der Waals surface area contributed by atoms with Crippen molar-refractivity contribution in [3.05, 3.63) is 87.4 Å². The van der Waals surface area contributed by atoms with Gasteiger partial charge in [0.1, 0.15) is 22.8 Å². The van der Waals surface area contributed by atoms with Crippen molar-refractivity contribution in [2.45, 2.75) is 44.2 Å². The second-order valence-corrected chi connectivity index (χ2v) is 10.7. The minimum absolute atomic E-state index is 0.0630. The Balaban J connectivity index is 1.62. The molecule has 0 unspecified atom stereocenters. The number of aromatic hydroxyl groups is 1. The number of rotatable bonds is 5. The fourth-order valence-corrected chi connectivity index (χ4v) is 6.57. The number of ketones is 3. The Labute approximate surface area is 220 Å². The van der Waals surface area contributed by atoms with Crippen molar-refractivity contribution in [3.63, 3.8) is 0 Å². The van der Waals surface area contributed by atoms with Crippen molar-refractivity contribution in [2.24, 2.45) is 11.8 Å². The summed E-state index contributed by atoms with van der Waals surface area (Å²) in [6, 6.07) is 12.2. The summed E-state index contributed by atoms with van der Waals surface area (Å²) in [5.41, 5.74) is -0.472.